The van der Waals surface area contributed by atoms with Crippen LogP contribution in [0, 0.1) is 0 Å². The van der Waals surface area contributed by atoms with Crippen molar-refractivity contribution < 1.29 is 23.0 Å². The highest BCUT2D eigenvalue weighted by Gasteiger charge is 2.30. The normalized spacial score (nSPS) is 19.0. The van der Waals surface area contributed by atoms with E-state index in [1.54, 1.807) is 0 Å². The summed E-state index contributed by atoms with van der Waals surface area (Å²) in [6.07, 6.45) is 1.63. The molecule has 0 amide bonds. The monoisotopic (exact) mass is 367 g/mol. The fourth-order valence-electron chi connectivity index (χ4n) is 1.64. The first-order valence-corrected chi connectivity index (χ1v) is 8.22. The fourth-order valence-corrected chi connectivity index (χ4v) is 3.47. The smallest absolute Gasteiger partial charge is 0.239 e. The summed E-state index contributed by atoms with van der Waals surface area (Å²) >= 11 is 3.18. The van der Waals surface area contributed by atoms with Gasteiger partial charge in [0, 0.05) is 6.61 Å². The predicted octanol–water partition coefficient (Wildman–Crippen LogP) is 0.141. The number of ether oxygens (including phenoxy) is 2. The number of halogens is 1. The van der Waals surface area contributed by atoms with E-state index in [-0.39, 0.29) is 36.0 Å². The molecule has 2 rings (SSSR count). The van der Waals surface area contributed by atoms with Crippen molar-refractivity contribution in [3.8, 4) is 5.88 Å². The standard InChI is InChI=1S/C10H14BrN3O5S/c11-8-9(12-6-13-10(8)19-4-2-15)14-20(16,17)7-1-3-18-5-7/h6-7,15H,1-5H2,(H,12,13,14). The maximum absolute atomic E-state index is 12.1. The van der Waals surface area contributed by atoms with Crippen molar-refractivity contribution in [1.82, 2.24) is 9.97 Å². The van der Waals surface area contributed by atoms with E-state index >= 15 is 0 Å². The molecule has 2 N–H and O–H groups in total. The van der Waals surface area contributed by atoms with Crippen molar-refractivity contribution in [2.45, 2.75) is 11.7 Å². The van der Waals surface area contributed by atoms with E-state index in [1.807, 2.05) is 0 Å². The van der Waals surface area contributed by atoms with Gasteiger partial charge < -0.3 is 14.6 Å². The lowest BCUT2D eigenvalue weighted by Gasteiger charge is -2.13. The maximum Gasteiger partial charge on any atom is 0.239 e. The van der Waals surface area contributed by atoms with Crippen LogP contribution in [0.3, 0.4) is 0 Å². The Morgan fingerprint density at radius 3 is 3.00 bits per heavy atom. The Hall–Kier alpha value is -0.970. The first kappa shape index (κ1) is 15.4. The molecular weight excluding hydrogens is 354 g/mol. The van der Waals surface area contributed by atoms with Gasteiger partial charge >= 0.3 is 0 Å². The second-order valence-corrected chi connectivity index (χ2v) is 6.80. The van der Waals surface area contributed by atoms with Crippen LogP contribution in [0.1, 0.15) is 6.42 Å². The second kappa shape index (κ2) is 6.66. The van der Waals surface area contributed by atoms with Gasteiger partial charge in [-0.15, -0.1) is 0 Å². The fraction of sp³-hybridized carbons (Fsp3) is 0.600. The summed E-state index contributed by atoms with van der Waals surface area (Å²) in [4.78, 5) is 7.73. The lowest BCUT2D eigenvalue weighted by atomic mass is 10.4. The number of sulfonamides is 1. The summed E-state index contributed by atoms with van der Waals surface area (Å²) in [6.45, 7) is 0.489. The number of hydrogen-bond donors (Lipinski definition) is 2. The van der Waals surface area contributed by atoms with Crippen LogP contribution in [0.25, 0.3) is 0 Å². The minimum absolute atomic E-state index is 0.0538. The van der Waals surface area contributed by atoms with Gasteiger partial charge in [-0.05, 0) is 22.4 Å². The first-order valence-electron chi connectivity index (χ1n) is 5.88. The van der Waals surface area contributed by atoms with Gasteiger partial charge in [0.25, 0.3) is 0 Å². The van der Waals surface area contributed by atoms with E-state index in [0.717, 1.165) is 0 Å². The van der Waals surface area contributed by atoms with Crippen LogP contribution >= 0.6 is 15.9 Å². The van der Waals surface area contributed by atoms with Gasteiger partial charge in [0.2, 0.25) is 15.9 Å². The zero-order valence-electron chi connectivity index (χ0n) is 10.5. The summed E-state index contributed by atoms with van der Waals surface area (Å²) in [5.74, 6) is 0.259. The van der Waals surface area contributed by atoms with E-state index in [1.165, 1.54) is 6.33 Å². The Morgan fingerprint density at radius 2 is 2.35 bits per heavy atom. The summed E-state index contributed by atoms with van der Waals surface area (Å²) < 4.78 is 37.2. The molecule has 112 valence electrons. The van der Waals surface area contributed by atoms with Crippen molar-refractivity contribution in [2.24, 2.45) is 0 Å². The van der Waals surface area contributed by atoms with Crippen LogP contribution in [0.5, 0.6) is 5.88 Å². The number of rotatable bonds is 6. The third-order valence-electron chi connectivity index (χ3n) is 2.65. The molecule has 20 heavy (non-hydrogen) atoms. The van der Waals surface area contributed by atoms with Crippen LogP contribution in [0.4, 0.5) is 5.82 Å². The molecule has 0 spiro atoms. The molecule has 1 fully saturated rings. The van der Waals surface area contributed by atoms with Crippen molar-refractivity contribution in [1.29, 1.82) is 0 Å². The molecule has 1 atom stereocenters. The molecule has 1 saturated heterocycles. The zero-order chi connectivity index (χ0) is 14.6. The van der Waals surface area contributed by atoms with Gasteiger partial charge in [0.05, 0.1) is 13.2 Å². The predicted molar refractivity (Wildman–Crippen MR) is 74.1 cm³/mol. The highest BCUT2D eigenvalue weighted by Crippen LogP contribution is 2.30. The van der Waals surface area contributed by atoms with Crippen LogP contribution in [-0.2, 0) is 14.8 Å². The van der Waals surface area contributed by atoms with Gasteiger partial charge in [-0.25, -0.2) is 18.4 Å². The molecule has 0 radical (unpaired) electrons. The summed E-state index contributed by atoms with van der Waals surface area (Å²) in [5, 5.41) is 8.12. The van der Waals surface area contributed by atoms with Crippen LogP contribution in [-0.4, -0.2) is 55.2 Å². The molecule has 1 aromatic heterocycles. The van der Waals surface area contributed by atoms with Gasteiger partial charge in [-0.1, -0.05) is 0 Å². The Kier molecular flexibility index (Phi) is 5.13. The van der Waals surface area contributed by atoms with Crippen molar-refractivity contribution in [3.63, 3.8) is 0 Å². The van der Waals surface area contributed by atoms with E-state index in [9.17, 15) is 8.42 Å². The van der Waals surface area contributed by atoms with Gasteiger partial charge in [0.1, 0.15) is 22.7 Å². The average Bonchev–Trinajstić information content (AvgIpc) is 2.94. The Labute approximate surface area is 124 Å². The van der Waals surface area contributed by atoms with E-state index in [0.29, 0.717) is 13.0 Å². The number of aliphatic hydroxyl groups is 1. The zero-order valence-corrected chi connectivity index (χ0v) is 12.9. The highest BCUT2D eigenvalue weighted by atomic mass is 79.9. The molecular formula is C10H14BrN3O5S. The Balaban J connectivity index is 2.16. The number of nitrogens with one attached hydrogen (secondary N) is 1. The summed E-state index contributed by atoms with van der Waals surface area (Å²) in [7, 11) is -3.57. The molecule has 0 saturated carbocycles. The number of aliphatic hydroxyl groups excluding tert-OH is 1. The second-order valence-electron chi connectivity index (χ2n) is 4.05. The molecule has 0 aliphatic carbocycles. The maximum atomic E-state index is 12.1. The van der Waals surface area contributed by atoms with Gasteiger partial charge in [-0.2, -0.15) is 0 Å². The van der Waals surface area contributed by atoms with Gasteiger partial charge in [0.15, 0.2) is 5.82 Å². The SMILES string of the molecule is O=S(=O)(Nc1ncnc(OCCO)c1Br)C1CCOC1. The molecule has 1 unspecified atom stereocenters. The molecule has 1 aliphatic rings. The van der Waals surface area contributed by atoms with Crippen molar-refractivity contribution >= 4 is 31.8 Å². The Morgan fingerprint density at radius 1 is 1.55 bits per heavy atom. The molecule has 0 aromatic carbocycles. The third kappa shape index (κ3) is 3.57. The molecule has 1 aromatic rings. The molecule has 8 nitrogen and oxygen atoms in total. The number of aromatic nitrogens is 2. The summed E-state index contributed by atoms with van der Waals surface area (Å²) in [5.41, 5.74) is 0. The number of nitrogens with zero attached hydrogens (tertiary/aromatic N) is 2. The third-order valence-corrected chi connectivity index (χ3v) is 5.10. The first-order chi connectivity index (χ1) is 9.54. The quantitative estimate of drug-likeness (QED) is 0.735. The van der Waals surface area contributed by atoms with Crippen molar-refractivity contribution in [2.75, 3.05) is 31.1 Å². The number of hydrogen-bond acceptors (Lipinski definition) is 7. The van der Waals surface area contributed by atoms with Gasteiger partial charge in [-0.3, -0.25) is 4.72 Å². The van der Waals surface area contributed by atoms with E-state index in [4.69, 9.17) is 14.6 Å². The van der Waals surface area contributed by atoms with Crippen molar-refractivity contribution in [3.05, 3.63) is 10.8 Å². The average molecular weight is 368 g/mol. The van der Waals surface area contributed by atoms with Crippen LogP contribution < -0.4 is 9.46 Å². The van der Waals surface area contributed by atoms with Crippen LogP contribution in [0.15, 0.2) is 10.8 Å². The molecule has 2 heterocycles. The highest BCUT2D eigenvalue weighted by molar-refractivity contribution is 9.10. The number of anilines is 1. The largest absolute Gasteiger partial charge is 0.474 e. The van der Waals surface area contributed by atoms with E-state index < -0.39 is 15.3 Å². The molecule has 10 heteroatoms. The molecule has 1 aliphatic heterocycles. The summed E-state index contributed by atoms with van der Waals surface area (Å²) in [6, 6.07) is 0. The lowest BCUT2D eigenvalue weighted by Crippen LogP contribution is -2.28. The lowest BCUT2D eigenvalue weighted by molar-refractivity contribution is 0.195. The minimum Gasteiger partial charge on any atom is -0.474 e. The Bertz CT molecular complexity index is 562. The molecule has 0 bridgehead atoms. The minimum atomic E-state index is -3.57. The topological polar surface area (TPSA) is 111 Å². The van der Waals surface area contributed by atoms with Crippen LogP contribution in [0.2, 0.25) is 0 Å². The van der Waals surface area contributed by atoms with E-state index in [2.05, 4.69) is 30.6 Å².